The van der Waals surface area contributed by atoms with Gasteiger partial charge in [-0.25, -0.2) is 9.97 Å². The fourth-order valence-electron chi connectivity index (χ4n) is 2.78. The number of nitrogens with zero attached hydrogens (tertiary/aromatic N) is 4. The number of fused-ring (bicyclic) bond motifs is 2. The number of H-pyrrole nitrogens is 1. The molecule has 132 valence electrons. The van der Waals surface area contributed by atoms with Gasteiger partial charge in [-0.3, -0.25) is 15.2 Å². The number of benzene rings is 1. The number of amides is 1. The zero-order chi connectivity index (χ0) is 18.4. The molecule has 1 amide bonds. The van der Waals surface area contributed by atoms with Gasteiger partial charge in [-0.2, -0.15) is 10.1 Å². The Labute approximate surface area is 155 Å². The van der Waals surface area contributed by atoms with Crippen molar-refractivity contribution in [2.75, 3.05) is 11.1 Å². The number of thiophene rings is 1. The van der Waals surface area contributed by atoms with E-state index in [9.17, 15) is 4.79 Å². The number of nitrogens with one attached hydrogen (secondary N) is 2. The summed E-state index contributed by atoms with van der Waals surface area (Å²) >= 11 is 1.64. The van der Waals surface area contributed by atoms with Crippen molar-refractivity contribution < 1.29 is 9.21 Å². The first kappa shape index (κ1) is 15.5. The van der Waals surface area contributed by atoms with Gasteiger partial charge in [-0.1, -0.05) is 6.07 Å². The highest BCUT2D eigenvalue weighted by atomic mass is 32.1. The minimum atomic E-state index is -0.496. The third-order valence-corrected chi connectivity index (χ3v) is 4.94. The Kier molecular flexibility index (Phi) is 3.37. The highest BCUT2D eigenvalue weighted by Gasteiger charge is 2.19. The van der Waals surface area contributed by atoms with Crippen LogP contribution in [0.2, 0.25) is 0 Å². The number of oxazole rings is 1. The maximum atomic E-state index is 12.6. The van der Waals surface area contributed by atoms with E-state index >= 15 is 0 Å². The van der Waals surface area contributed by atoms with Crippen LogP contribution in [-0.2, 0) is 0 Å². The number of hydrogen-bond acceptors (Lipinski definition) is 8. The Balaban J connectivity index is 1.48. The fraction of sp³-hybridized carbons (Fsp3) is 0. The summed E-state index contributed by atoms with van der Waals surface area (Å²) in [5.74, 6) is -0.332. The summed E-state index contributed by atoms with van der Waals surface area (Å²) in [6, 6.07) is 9.79. The first-order chi connectivity index (χ1) is 13.2. The molecule has 9 nitrogen and oxygen atoms in total. The molecule has 0 fully saturated rings. The summed E-state index contributed by atoms with van der Waals surface area (Å²) < 4.78 is 5.61. The lowest BCUT2D eigenvalue weighted by atomic mass is 10.2. The van der Waals surface area contributed by atoms with Crippen molar-refractivity contribution >= 4 is 51.2 Å². The Morgan fingerprint density at radius 1 is 1.26 bits per heavy atom. The van der Waals surface area contributed by atoms with Crippen LogP contribution in [-0.4, -0.2) is 31.1 Å². The zero-order valence-electron chi connectivity index (χ0n) is 13.6. The van der Waals surface area contributed by atoms with Gasteiger partial charge in [0.15, 0.2) is 11.2 Å². The van der Waals surface area contributed by atoms with Crippen LogP contribution in [0.4, 0.5) is 11.8 Å². The van der Waals surface area contributed by atoms with Gasteiger partial charge in [-0.05, 0) is 35.2 Å². The lowest BCUT2D eigenvalue weighted by Crippen LogP contribution is -2.13. The van der Waals surface area contributed by atoms with E-state index in [0.29, 0.717) is 22.1 Å². The minimum Gasteiger partial charge on any atom is -0.423 e. The van der Waals surface area contributed by atoms with E-state index in [1.54, 1.807) is 11.3 Å². The molecule has 4 heterocycles. The Hall–Kier alpha value is -3.79. The van der Waals surface area contributed by atoms with Crippen molar-refractivity contribution in [3.63, 3.8) is 0 Å². The predicted molar refractivity (Wildman–Crippen MR) is 101 cm³/mol. The normalized spacial score (nSPS) is 11.3. The summed E-state index contributed by atoms with van der Waals surface area (Å²) in [6.07, 6.45) is 1.28. The van der Waals surface area contributed by atoms with Crippen molar-refractivity contribution in [1.82, 2.24) is 25.1 Å². The highest BCUT2D eigenvalue weighted by Crippen LogP contribution is 2.29. The summed E-state index contributed by atoms with van der Waals surface area (Å²) in [5, 5.41) is 11.6. The Bertz CT molecular complexity index is 1290. The molecule has 0 aliphatic carbocycles. The van der Waals surface area contributed by atoms with E-state index in [0.717, 1.165) is 10.4 Å². The Morgan fingerprint density at radius 2 is 2.19 bits per heavy atom. The predicted octanol–water partition coefficient (Wildman–Crippen LogP) is 3.06. The molecule has 0 saturated heterocycles. The second-order valence-corrected chi connectivity index (χ2v) is 6.64. The molecule has 4 N–H and O–H groups in total. The van der Waals surface area contributed by atoms with Crippen LogP contribution in [0, 0.1) is 0 Å². The summed E-state index contributed by atoms with van der Waals surface area (Å²) in [7, 11) is 0. The molecule has 0 bridgehead atoms. The van der Waals surface area contributed by atoms with Crippen molar-refractivity contribution in [2.45, 2.75) is 0 Å². The number of aromatic amines is 1. The quantitative estimate of drug-likeness (QED) is 0.439. The third kappa shape index (κ3) is 2.59. The van der Waals surface area contributed by atoms with E-state index < -0.39 is 5.91 Å². The number of anilines is 2. The molecule has 1 aromatic carbocycles. The average Bonchev–Trinajstić information content (AvgIpc) is 3.40. The van der Waals surface area contributed by atoms with E-state index in [-0.39, 0.29) is 17.5 Å². The van der Waals surface area contributed by atoms with Crippen LogP contribution < -0.4 is 11.1 Å². The fourth-order valence-corrected chi connectivity index (χ4v) is 3.50. The topological polar surface area (TPSA) is 136 Å². The number of nitrogens with two attached hydrogens (primary N) is 1. The number of carbonyl (C=O) groups excluding carboxylic acids is 1. The first-order valence-corrected chi connectivity index (χ1v) is 8.77. The van der Waals surface area contributed by atoms with Crippen LogP contribution in [0.15, 0.2) is 46.5 Å². The number of aromatic nitrogens is 5. The number of carbonyl (C=O) groups is 1. The zero-order valence-corrected chi connectivity index (χ0v) is 14.4. The van der Waals surface area contributed by atoms with Crippen LogP contribution in [0.25, 0.3) is 32.6 Å². The number of rotatable bonds is 3. The lowest BCUT2D eigenvalue weighted by molar-refractivity contribution is 0.102. The summed E-state index contributed by atoms with van der Waals surface area (Å²) in [6.45, 7) is 0. The maximum Gasteiger partial charge on any atom is 0.302 e. The van der Waals surface area contributed by atoms with Crippen LogP contribution in [0.1, 0.15) is 10.5 Å². The monoisotopic (exact) mass is 377 g/mol. The second kappa shape index (κ2) is 5.88. The molecular weight excluding hydrogens is 366 g/mol. The largest absolute Gasteiger partial charge is 0.423 e. The number of nitrogen functional groups attached to an aromatic ring is 1. The van der Waals surface area contributed by atoms with E-state index in [1.165, 1.54) is 6.33 Å². The summed E-state index contributed by atoms with van der Waals surface area (Å²) in [5.41, 5.74) is 8.54. The molecule has 0 spiro atoms. The van der Waals surface area contributed by atoms with Gasteiger partial charge in [0.25, 0.3) is 5.91 Å². The van der Waals surface area contributed by atoms with Gasteiger partial charge in [0.1, 0.15) is 23.4 Å². The SMILES string of the molecule is Nc1ncnc2n[nH]c(C(=O)Nc3nc4cc(-c5cccs5)ccc4o3)c12. The molecule has 0 unspecified atom stereocenters. The average molecular weight is 377 g/mol. The molecule has 4 aromatic heterocycles. The molecule has 0 aliphatic rings. The van der Waals surface area contributed by atoms with Crippen LogP contribution in [0.5, 0.6) is 0 Å². The highest BCUT2D eigenvalue weighted by molar-refractivity contribution is 7.13. The van der Waals surface area contributed by atoms with Crippen molar-refractivity contribution in [2.24, 2.45) is 0 Å². The third-order valence-electron chi connectivity index (χ3n) is 4.02. The standard InChI is InChI=1S/C17H11N7O2S/c18-14-12-13(23-24-15(12)20-7-19-14)16(25)22-17-21-9-6-8(3-4-10(9)26-17)11-2-1-5-27-11/h1-7H,(H,21,22,25)(H3,18,19,20,23,24). The maximum absolute atomic E-state index is 12.6. The molecular formula is C17H11N7O2S. The first-order valence-electron chi connectivity index (χ1n) is 7.89. The molecule has 0 saturated carbocycles. The molecule has 0 atom stereocenters. The van der Waals surface area contributed by atoms with Crippen molar-refractivity contribution in [3.8, 4) is 10.4 Å². The molecule has 5 rings (SSSR count). The Morgan fingerprint density at radius 3 is 3.04 bits per heavy atom. The molecule has 10 heteroatoms. The van der Waals surface area contributed by atoms with Gasteiger partial charge >= 0.3 is 6.01 Å². The van der Waals surface area contributed by atoms with Crippen molar-refractivity contribution in [3.05, 3.63) is 47.7 Å². The van der Waals surface area contributed by atoms with E-state index in [1.807, 2.05) is 35.7 Å². The van der Waals surface area contributed by atoms with Gasteiger partial charge in [-0.15, -0.1) is 11.3 Å². The van der Waals surface area contributed by atoms with E-state index in [2.05, 4.69) is 30.5 Å². The van der Waals surface area contributed by atoms with E-state index in [4.69, 9.17) is 10.2 Å². The molecule has 0 radical (unpaired) electrons. The van der Waals surface area contributed by atoms with Gasteiger partial charge in [0.2, 0.25) is 0 Å². The summed E-state index contributed by atoms with van der Waals surface area (Å²) in [4.78, 5) is 25.9. The molecule has 5 aromatic rings. The van der Waals surface area contributed by atoms with Crippen LogP contribution >= 0.6 is 11.3 Å². The van der Waals surface area contributed by atoms with Gasteiger partial charge < -0.3 is 10.2 Å². The number of hydrogen-bond donors (Lipinski definition) is 3. The smallest absolute Gasteiger partial charge is 0.302 e. The molecule has 27 heavy (non-hydrogen) atoms. The van der Waals surface area contributed by atoms with Gasteiger partial charge in [0, 0.05) is 4.88 Å². The van der Waals surface area contributed by atoms with Crippen molar-refractivity contribution in [1.29, 1.82) is 0 Å². The van der Waals surface area contributed by atoms with Crippen LogP contribution in [0.3, 0.4) is 0 Å². The second-order valence-electron chi connectivity index (χ2n) is 5.69. The van der Waals surface area contributed by atoms with Gasteiger partial charge in [0.05, 0.1) is 5.39 Å². The molecule has 0 aliphatic heterocycles. The lowest BCUT2D eigenvalue weighted by Gasteiger charge is -1.99. The minimum absolute atomic E-state index is 0.0801.